The fourth-order valence-corrected chi connectivity index (χ4v) is 4.04. The molecule has 0 saturated carbocycles. The van der Waals surface area contributed by atoms with Crippen LogP contribution < -0.4 is 21.3 Å². The Hall–Kier alpha value is -4.74. The van der Waals surface area contributed by atoms with Crippen LogP contribution >= 0.6 is 0 Å². The topological polar surface area (TPSA) is 143 Å². The number of anilines is 3. The minimum atomic E-state index is -0.116. The van der Waals surface area contributed by atoms with E-state index in [2.05, 4.69) is 48.4 Å². The molecule has 0 fully saturated rings. The number of hydrogen-bond donors (Lipinski definition) is 5. The number of phenolic OH excluding ortho intramolecular Hbond substituents is 1. The summed E-state index contributed by atoms with van der Waals surface area (Å²) < 4.78 is 11.2. The van der Waals surface area contributed by atoms with E-state index in [9.17, 15) is 9.90 Å². The predicted octanol–water partition coefficient (Wildman–Crippen LogP) is 3.76. The van der Waals surface area contributed by atoms with Gasteiger partial charge in [0.2, 0.25) is 17.8 Å². The summed E-state index contributed by atoms with van der Waals surface area (Å²) in [6.07, 6.45) is 1.59. The van der Waals surface area contributed by atoms with Crippen LogP contribution in [-0.4, -0.2) is 78.6 Å². The van der Waals surface area contributed by atoms with E-state index in [-0.39, 0.29) is 11.7 Å². The SMILES string of the molecule is O=C(NCCOCCOCCNc1nc(NCCc2ccccc2)nc(NCCc2ccc(O)cc2)n1)c1ccccc1. The van der Waals surface area contributed by atoms with E-state index in [1.165, 1.54) is 5.56 Å². The van der Waals surface area contributed by atoms with Gasteiger partial charge < -0.3 is 35.8 Å². The van der Waals surface area contributed by atoms with Crippen LogP contribution in [0, 0.1) is 0 Å². The van der Waals surface area contributed by atoms with Crippen molar-refractivity contribution in [2.24, 2.45) is 0 Å². The van der Waals surface area contributed by atoms with Gasteiger partial charge in [-0.15, -0.1) is 0 Å². The van der Waals surface area contributed by atoms with Gasteiger partial charge >= 0.3 is 0 Å². The summed E-state index contributed by atoms with van der Waals surface area (Å²) in [7, 11) is 0. The minimum absolute atomic E-state index is 0.116. The quantitative estimate of drug-likeness (QED) is 0.103. The molecule has 0 aliphatic heterocycles. The second-order valence-electron chi connectivity index (χ2n) is 9.59. The number of aromatic hydroxyl groups is 1. The van der Waals surface area contributed by atoms with Gasteiger partial charge in [0.05, 0.1) is 26.4 Å². The molecule has 0 bridgehead atoms. The second-order valence-corrected chi connectivity index (χ2v) is 9.59. The number of benzene rings is 3. The van der Waals surface area contributed by atoms with Crippen LogP contribution in [-0.2, 0) is 22.3 Å². The number of hydrogen-bond acceptors (Lipinski definition) is 10. The fourth-order valence-electron chi connectivity index (χ4n) is 4.04. The molecule has 5 N–H and O–H groups in total. The molecule has 4 aromatic rings. The molecule has 226 valence electrons. The van der Waals surface area contributed by atoms with E-state index in [1.54, 1.807) is 24.3 Å². The first-order valence-electron chi connectivity index (χ1n) is 14.4. The van der Waals surface area contributed by atoms with Crippen molar-refractivity contribution in [1.29, 1.82) is 0 Å². The van der Waals surface area contributed by atoms with E-state index < -0.39 is 0 Å². The Morgan fingerprint density at radius 1 is 0.581 bits per heavy atom. The van der Waals surface area contributed by atoms with Crippen molar-refractivity contribution in [3.8, 4) is 5.75 Å². The second kappa shape index (κ2) is 17.9. The summed E-state index contributed by atoms with van der Waals surface area (Å²) in [6, 6.07) is 26.5. The van der Waals surface area contributed by atoms with Crippen molar-refractivity contribution in [1.82, 2.24) is 20.3 Å². The third kappa shape index (κ3) is 12.0. The average molecular weight is 586 g/mol. The lowest BCUT2D eigenvalue weighted by Gasteiger charge is -2.12. The summed E-state index contributed by atoms with van der Waals surface area (Å²) in [6.45, 7) is 3.96. The Labute approximate surface area is 252 Å². The van der Waals surface area contributed by atoms with Crippen molar-refractivity contribution in [2.75, 3.05) is 68.6 Å². The molecule has 4 rings (SSSR count). The predicted molar refractivity (Wildman–Crippen MR) is 168 cm³/mol. The summed E-state index contributed by atoms with van der Waals surface area (Å²) in [4.78, 5) is 25.6. The van der Waals surface area contributed by atoms with Gasteiger partial charge in [-0.3, -0.25) is 4.79 Å². The minimum Gasteiger partial charge on any atom is -0.508 e. The molecule has 3 aromatic carbocycles. The van der Waals surface area contributed by atoms with Crippen LogP contribution in [0.1, 0.15) is 21.5 Å². The molecule has 0 aliphatic carbocycles. The van der Waals surface area contributed by atoms with E-state index in [0.29, 0.717) is 76.0 Å². The van der Waals surface area contributed by atoms with Gasteiger partial charge in [0.25, 0.3) is 5.91 Å². The molecule has 0 saturated heterocycles. The first-order chi connectivity index (χ1) is 21.2. The molecule has 11 nitrogen and oxygen atoms in total. The highest BCUT2D eigenvalue weighted by molar-refractivity contribution is 5.94. The van der Waals surface area contributed by atoms with E-state index in [1.807, 2.05) is 48.5 Å². The van der Waals surface area contributed by atoms with E-state index in [0.717, 1.165) is 18.4 Å². The van der Waals surface area contributed by atoms with Gasteiger partial charge in [-0.05, 0) is 48.2 Å². The van der Waals surface area contributed by atoms with E-state index >= 15 is 0 Å². The van der Waals surface area contributed by atoms with Crippen LogP contribution in [0.2, 0.25) is 0 Å². The summed E-state index contributed by atoms with van der Waals surface area (Å²) in [5, 5.41) is 22.1. The van der Waals surface area contributed by atoms with Gasteiger partial charge in [-0.1, -0.05) is 60.7 Å². The molecule has 0 radical (unpaired) electrons. The highest BCUT2D eigenvalue weighted by Gasteiger charge is 2.07. The highest BCUT2D eigenvalue weighted by Crippen LogP contribution is 2.12. The molecule has 43 heavy (non-hydrogen) atoms. The van der Waals surface area contributed by atoms with Crippen molar-refractivity contribution in [3.05, 3.63) is 102 Å². The normalized spacial score (nSPS) is 10.7. The van der Waals surface area contributed by atoms with Crippen LogP contribution in [0.4, 0.5) is 17.8 Å². The number of aromatic nitrogens is 3. The zero-order valence-corrected chi connectivity index (χ0v) is 24.2. The third-order valence-electron chi connectivity index (χ3n) is 6.28. The number of carbonyl (C=O) groups is 1. The zero-order valence-electron chi connectivity index (χ0n) is 24.2. The lowest BCUT2D eigenvalue weighted by molar-refractivity contribution is 0.0519. The maximum absolute atomic E-state index is 12.0. The third-order valence-corrected chi connectivity index (χ3v) is 6.28. The van der Waals surface area contributed by atoms with Crippen LogP contribution in [0.25, 0.3) is 0 Å². The van der Waals surface area contributed by atoms with Gasteiger partial charge in [-0.25, -0.2) is 0 Å². The number of nitrogens with one attached hydrogen (secondary N) is 4. The smallest absolute Gasteiger partial charge is 0.251 e. The van der Waals surface area contributed by atoms with E-state index in [4.69, 9.17) is 9.47 Å². The molecule has 0 atom stereocenters. The number of rotatable bonds is 19. The summed E-state index contributed by atoms with van der Waals surface area (Å²) in [5.74, 6) is 1.52. The average Bonchev–Trinajstić information content (AvgIpc) is 3.04. The van der Waals surface area contributed by atoms with Gasteiger partial charge in [-0.2, -0.15) is 15.0 Å². The Kier molecular flexibility index (Phi) is 13.0. The van der Waals surface area contributed by atoms with Crippen molar-refractivity contribution >= 4 is 23.8 Å². The molecule has 11 heteroatoms. The summed E-state index contributed by atoms with van der Waals surface area (Å²) in [5.41, 5.74) is 2.95. The van der Waals surface area contributed by atoms with Gasteiger partial charge in [0.1, 0.15) is 5.75 Å². The lowest BCUT2D eigenvalue weighted by Crippen LogP contribution is -2.27. The van der Waals surface area contributed by atoms with Crippen LogP contribution in [0.15, 0.2) is 84.9 Å². The number of amides is 1. The number of ether oxygens (including phenoxy) is 2. The standard InChI is InChI=1S/C32H39N7O4/c40-28-13-11-26(12-14-28)16-18-35-31-37-30(34-17-15-25-7-3-1-4-8-25)38-32(39-31)36-20-22-43-24-23-42-21-19-33-29(41)27-9-5-2-6-10-27/h1-14,40H,15-24H2,(H,33,41)(H3,34,35,36,37,38,39). The first kappa shape index (κ1) is 31.2. The molecule has 1 amide bonds. The van der Waals surface area contributed by atoms with Crippen molar-refractivity contribution < 1.29 is 19.4 Å². The molecule has 1 heterocycles. The molecular weight excluding hydrogens is 546 g/mol. The fraction of sp³-hybridized carbons (Fsp3) is 0.312. The monoisotopic (exact) mass is 585 g/mol. The van der Waals surface area contributed by atoms with Crippen molar-refractivity contribution in [2.45, 2.75) is 12.8 Å². The molecule has 0 spiro atoms. The van der Waals surface area contributed by atoms with Gasteiger partial charge in [0, 0.05) is 31.7 Å². The Bertz CT molecular complexity index is 1360. The largest absolute Gasteiger partial charge is 0.508 e. The Morgan fingerprint density at radius 3 is 1.65 bits per heavy atom. The van der Waals surface area contributed by atoms with Gasteiger partial charge in [0.15, 0.2) is 0 Å². The molecule has 1 aromatic heterocycles. The Balaban J connectivity index is 1.16. The molecular formula is C32H39N7O4. The van der Waals surface area contributed by atoms with Crippen molar-refractivity contribution in [3.63, 3.8) is 0 Å². The van der Waals surface area contributed by atoms with Crippen LogP contribution in [0.3, 0.4) is 0 Å². The summed E-state index contributed by atoms with van der Waals surface area (Å²) >= 11 is 0. The highest BCUT2D eigenvalue weighted by atomic mass is 16.5. The molecule has 0 unspecified atom stereocenters. The Morgan fingerprint density at radius 2 is 1.07 bits per heavy atom. The first-order valence-corrected chi connectivity index (χ1v) is 14.4. The maximum atomic E-state index is 12.0. The number of nitrogens with zero attached hydrogens (tertiary/aromatic N) is 3. The van der Waals surface area contributed by atoms with Crippen LogP contribution in [0.5, 0.6) is 5.75 Å². The number of phenols is 1. The number of carbonyl (C=O) groups excluding carboxylic acids is 1. The maximum Gasteiger partial charge on any atom is 0.251 e. The molecule has 0 aliphatic rings. The zero-order chi connectivity index (χ0) is 30.0. The lowest BCUT2D eigenvalue weighted by atomic mass is 10.1.